The molecule has 6 nitrogen and oxygen atoms in total. The molecule has 0 unspecified atom stereocenters. The molecule has 1 aliphatic heterocycles. The Morgan fingerprint density at radius 3 is 2.59 bits per heavy atom. The Labute approximate surface area is 167 Å². The van der Waals surface area contributed by atoms with Crippen molar-refractivity contribution >= 4 is 37.5 Å². The number of anilines is 1. The molecule has 1 fully saturated rings. The number of morpholine rings is 1. The Bertz CT molecular complexity index is 940. The number of para-hydroxylation sites is 1. The van der Waals surface area contributed by atoms with Crippen LogP contribution in [0.5, 0.6) is 0 Å². The van der Waals surface area contributed by atoms with Crippen LogP contribution in [0.15, 0.2) is 51.8 Å². The summed E-state index contributed by atoms with van der Waals surface area (Å²) in [6, 6.07) is 12.2. The molecule has 1 aliphatic rings. The summed E-state index contributed by atoms with van der Waals surface area (Å²) in [4.78, 5) is 12.8. The van der Waals surface area contributed by atoms with Crippen molar-refractivity contribution in [3.8, 4) is 0 Å². The van der Waals surface area contributed by atoms with Gasteiger partial charge in [0.05, 0.1) is 18.1 Å². The predicted molar refractivity (Wildman–Crippen MR) is 107 cm³/mol. The third-order valence-electron chi connectivity index (χ3n) is 4.43. The fourth-order valence-corrected chi connectivity index (χ4v) is 5.27. The van der Waals surface area contributed by atoms with Gasteiger partial charge in [-0.15, -0.1) is 0 Å². The van der Waals surface area contributed by atoms with E-state index in [0.29, 0.717) is 30.8 Å². The molecular weight excluding hydrogens is 432 g/mol. The van der Waals surface area contributed by atoms with E-state index in [4.69, 9.17) is 4.74 Å². The van der Waals surface area contributed by atoms with E-state index in [0.717, 1.165) is 17.7 Å². The van der Waals surface area contributed by atoms with Crippen LogP contribution in [0.4, 0.5) is 5.69 Å². The van der Waals surface area contributed by atoms with Gasteiger partial charge in [-0.05, 0) is 52.2 Å². The molecule has 1 amide bonds. The zero-order valence-electron chi connectivity index (χ0n) is 14.9. The molecule has 144 valence electrons. The number of nitrogens with one attached hydrogen (secondary N) is 1. The molecule has 0 bridgehead atoms. The molecule has 0 aromatic heterocycles. The van der Waals surface area contributed by atoms with E-state index in [-0.39, 0.29) is 16.4 Å². The summed E-state index contributed by atoms with van der Waals surface area (Å²) in [5.41, 5.74) is 2.03. The lowest BCUT2D eigenvalue weighted by Gasteiger charge is -2.26. The Hall–Kier alpha value is -1.74. The number of hydrogen-bond donors (Lipinski definition) is 1. The molecular formula is C19H21BrN2O4S. The zero-order chi connectivity index (χ0) is 19.4. The zero-order valence-corrected chi connectivity index (χ0v) is 17.3. The van der Waals surface area contributed by atoms with E-state index in [1.54, 1.807) is 12.1 Å². The van der Waals surface area contributed by atoms with Crippen molar-refractivity contribution in [1.82, 2.24) is 4.31 Å². The van der Waals surface area contributed by atoms with Gasteiger partial charge < -0.3 is 10.1 Å². The van der Waals surface area contributed by atoms with Gasteiger partial charge in [0.1, 0.15) is 0 Å². The monoisotopic (exact) mass is 452 g/mol. The highest BCUT2D eigenvalue weighted by molar-refractivity contribution is 9.10. The molecule has 0 saturated carbocycles. The fourth-order valence-electron chi connectivity index (χ4n) is 2.91. The van der Waals surface area contributed by atoms with Crippen molar-refractivity contribution < 1.29 is 17.9 Å². The Morgan fingerprint density at radius 1 is 1.19 bits per heavy atom. The maximum absolute atomic E-state index is 13.0. The molecule has 3 rings (SSSR count). The van der Waals surface area contributed by atoms with Gasteiger partial charge in [-0.3, -0.25) is 4.79 Å². The second-order valence-corrected chi connectivity index (χ2v) is 8.89. The van der Waals surface area contributed by atoms with Gasteiger partial charge in [0.2, 0.25) is 10.0 Å². The number of carbonyl (C=O) groups excluding carboxylic acids is 1. The topological polar surface area (TPSA) is 75.7 Å². The first-order chi connectivity index (χ1) is 12.9. The number of amides is 1. The fraction of sp³-hybridized carbons (Fsp3) is 0.316. The first kappa shape index (κ1) is 20.0. The van der Waals surface area contributed by atoms with Crippen LogP contribution in [0.2, 0.25) is 0 Å². The average Bonchev–Trinajstić information content (AvgIpc) is 2.69. The van der Waals surface area contributed by atoms with Crippen LogP contribution in [0.1, 0.15) is 22.8 Å². The molecule has 0 aliphatic carbocycles. The van der Waals surface area contributed by atoms with E-state index in [2.05, 4.69) is 21.2 Å². The lowest BCUT2D eigenvalue weighted by molar-refractivity contribution is 0.0730. The quantitative estimate of drug-likeness (QED) is 0.754. The van der Waals surface area contributed by atoms with E-state index in [9.17, 15) is 13.2 Å². The standard InChI is InChI=1S/C19H21BrN2O4S/c1-2-14-5-3-4-6-17(14)21-19(23)15-7-8-16(20)18(13-15)27(24,25)22-9-11-26-12-10-22/h3-8,13H,2,9-12H2,1H3,(H,21,23). The van der Waals surface area contributed by atoms with Crippen LogP contribution in [0, 0.1) is 0 Å². The minimum atomic E-state index is -3.71. The summed E-state index contributed by atoms with van der Waals surface area (Å²) in [7, 11) is -3.71. The third-order valence-corrected chi connectivity index (χ3v) is 7.32. The van der Waals surface area contributed by atoms with E-state index < -0.39 is 10.0 Å². The second-order valence-electron chi connectivity index (χ2n) is 6.13. The SMILES string of the molecule is CCc1ccccc1NC(=O)c1ccc(Br)c(S(=O)(=O)N2CCOCC2)c1. The largest absolute Gasteiger partial charge is 0.379 e. The van der Waals surface area contributed by atoms with Crippen molar-refractivity contribution in [1.29, 1.82) is 0 Å². The summed E-state index contributed by atoms with van der Waals surface area (Å²) in [6.45, 7) is 3.34. The highest BCUT2D eigenvalue weighted by Gasteiger charge is 2.29. The van der Waals surface area contributed by atoms with Crippen molar-refractivity contribution in [2.24, 2.45) is 0 Å². The Kier molecular flexibility index (Phi) is 6.31. The van der Waals surface area contributed by atoms with Crippen LogP contribution in [0.3, 0.4) is 0 Å². The lowest BCUT2D eigenvalue weighted by Crippen LogP contribution is -2.40. The minimum Gasteiger partial charge on any atom is -0.379 e. The molecule has 8 heteroatoms. The van der Waals surface area contributed by atoms with Crippen molar-refractivity contribution in [3.05, 3.63) is 58.1 Å². The van der Waals surface area contributed by atoms with E-state index in [1.165, 1.54) is 10.4 Å². The molecule has 1 N–H and O–H groups in total. The van der Waals surface area contributed by atoms with Gasteiger partial charge in [-0.2, -0.15) is 4.31 Å². The van der Waals surface area contributed by atoms with Crippen LogP contribution >= 0.6 is 15.9 Å². The minimum absolute atomic E-state index is 0.0841. The molecule has 2 aromatic carbocycles. The summed E-state index contributed by atoms with van der Waals surface area (Å²) in [5.74, 6) is -0.346. The van der Waals surface area contributed by atoms with Gasteiger partial charge in [-0.1, -0.05) is 25.1 Å². The highest BCUT2D eigenvalue weighted by Crippen LogP contribution is 2.27. The summed E-state index contributed by atoms with van der Waals surface area (Å²) in [5, 5.41) is 2.87. The number of rotatable bonds is 5. The lowest BCUT2D eigenvalue weighted by atomic mass is 10.1. The van der Waals surface area contributed by atoms with Crippen molar-refractivity contribution in [3.63, 3.8) is 0 Å². The maximum atomic E-state index is 13.0. The molecule has 0 radical (unpaired) electrons. The van der Waals surface area contributed by atoms with Gasteiger partial charge in [0, 0.05) is 28.8 Å². The number of nitrogens with zero attached hydrogens (tertiary/aromatic N) is 1. The van der Waals surface area contributed by atoms with Gasteiger partial charge in [0.25, 0.3) is 5.91 Å². The first-order valence-corrected chi connectivity index (χ1v) is 10.9. The van der Waals surface area contributed by atoms with Gasteiger partial charge in [-0.25, -0.2) is 8.42 Å². The second kappa shape index (κ2) is 8.52. The van der Waals surface area contributed by atoms with E-state index >= 15 is 0 Å². The predicted octanol–water partition coefficient (Wildman–Crippen LogP) is 3.28. The Morgan fingerprint density at radius 2 is 1.89 bits per heavy atom. The molecule has 1 saturated heterocycles. The maximum Gasteiger partial charge on any atom is 0.255 e. The van der Waals surface area contributed by atoms with Crippen molar-refractivity contribution in [2.45, 2.75) is 18.2 Å². The van der Waals surface area contributed by atoms with Crippen LogP contribution in [0.25, 0.3) is 0 Å². The first-order valence-electron chi connectivity index (χ1n) is 8.70. The molecule has 1 heterocycles. The van der Waals surface area contributed by atoms with E-state index in [1.807, 2.05) is 31.2 Å². The number of ether oxygens (including phenoxy) is 1. The normalized spacial score (nSPS) is 15.5. The molecule has 27 heavy (non-hydrogen) atoms. The third kappa shape index (κ3) is 4.40. The van der Waals surface area contributed by atoms with Crippen LogP contribution < -0.4 is 5.32 Å². The smallest absolute Gasteiger partial charge is 0.255 e. The summed E-state index contributed by atoms with van der Waals surface area (Å²) >= 11 is 3.30. The summed E-state index contributed by atoms with van der Waals surface area (Å²) in [6.07, 6.45) is 0.785. The Balaban J connectivity index is 1.89. The van der Waals surface area contributed by atoms with Crippen LogP contribution in [-0.4, -0.2) is 44.9 Å². The number of aryl methyl sites for hydroxylation is 1. The summed E-state index contributed by atoms with van der Waals surface area (Å²) < 4.78 is 32.9. The van der Waals surface area contributed by atoms with Gasteiger partial charge in [0.15, 0.2) is 0 Å². The number of hydrogen-bond acceptors (Lipinski definition) is 4. The number of sulfonamides is 1. The number of halogens is 1. The molecule has 0 atom stereocenters. The number of carbonyl (C=O) groups is 1. The van der Waals surface area contributed by atoms with Crippen LogP contribution in [-0.2, 0) is 21.2 Å². The van der Waals surface area contributed by atoms with Crippen molar-refractivity contribution in [2.75, 3.05) is 31.6 Å². The highest BCUT2D eigenvalue weighted by atomic mass is 79.9. The van der Waals surface area contributed by atoms with Gasteiger partial charge >= 0.3 is 0 Å². The molecule has 2 aromatic rings. The average molecular weight is 453 g/mol. The number of benzene rings is 2. The molecule has 0 spiro atoms.